The quantitative estimate of drug-likeness (QED) is 0.340. The maximum absolute atomic E-state index is 2.71. The van der Waals surface area contributed by atoms with Crippen LogP contribution in [0.1, 0.15) is 155 Å². The molecular weight excluding hydrogens is 691 g/mol. The summed E-state index contributed by atoms with van der Waals surface area (Å²) < 4.78 is 5.95. The Kier molecular flexibility index (Phi) is 9.96. The van der Waals surface area contributed by atoms with E-state index < -0.39 is 21.3 Å². The molecule has 6 aliphatic carbocycles. The molecule has 4 bridgehead atoms. The molecule has 0 aliphatic heterocycles. The standard InChI is InChI=1S/C29H41.C10H14.C5H5.2ClH.Zr/c1-26(2,3)22-14-18-13-19-15-23(27(4,5)6)25(29(10,11)12)17-21(19)20(18)16-24(22)28(7,8)9;1-7-2-9-4-8(1)5-10(3-7)6-9;1-2-4-5-3-1;;;/h14,16-17H,13H2,1-12H3;7-10H,1-5H2;1-3H,4H2;2*1H;/q;;;;;+2/p-2. The van der Waals surface area contributed by atoms with Crippen molar-refractivity contribution < 1.29 is 46.1 Å². The van der Waals surface area contributed by atoms with E-state index >= 15 is 0 Å². The minimum absolute atomic E-state index is 0. The molecule has 0 nitrogen and oxygen atoms in total. The summed E-state index contributed by atoms with van der Waals surface area (Å²) in [6.45, 7) is 29.6. The van der Waals surface area contributed by atoms with Gasteiger partial charge in [-0.15, -0.1) is 0 Å². The van der Waals surface area contributed by atoms with E-state index in [9.17, 15) is 0 Å². The van der Waals surface area contributed by atoms with Crippen LogP contribution < -0.4 is 28.1 Å². The Bertz CT molecular complexity index is 1640. The van der Waals surface area contributed by atoms with Gasteiger partial charge in [-0.1, -0.05) is 0 Å². The average Bonchev–Trinajstić information content (AvgIpc) is 3.54. The van der Waals surface area contributed by atoms with Gasteiger partial charge < -0.3 is 24.8 Å². The van der Waals surface area contributed by atoms with Crippen molar-refractivity contribution in [1.82, 2.24) is 0 Å². The molecule has 8 rings (SSSR count). The molecule has 6 aliphatic rings. The third kappa shape index (κ3) is 6.49. The second kappa shape index (κ2) is 12.5. The van der Waals surface area contributed by atoms with Gasteiger partial charge in [0.2, 0.25) is 0 Å². The van der Waals surface area contributed by atoms with Crippen LogP contribution in [0.5, 0.6) is 0 Å². The smallest absolute Gasteiger partial charge is 1.00 e. The zero-order valence-electron chi connectivity index (χ0n) is 31.5. The van der Waals surface area contributed by atoms with Gasteiger partial charge in [-0.05, 0) is 0 Å². The Hall–Kier alpha value is -0.747. The molecule has 0 heterocycles. The fourth-order valence-corrected chi connectivity index (χ4v) is 20.7. The Labute approximate surface area is 308 Å². The zero-order valence-corrected chi connectivity index (χ0v) is 35.4. The van der Waals surface area contributed by atoms with Crippen molar-refractivity contribution in [3.8, 4) is 11.1 Å². The number of rotatable bonds is 2. The van der Waals surface area contributed by atoms with Gasteiger partial charge in [0.05, 0.1) is 0 Å². The van der Waals surface area contributed by atoms with E-state index in [1.54, 1.807) is 38.9 Å². The molecule has 0 saturated heterocycles. The SMILES string of the molecule is CC(C)(C)c1cc2c(cc1C(C)(C)C)-c1cc(C(C)(C)C)c(C(C)(C)C)[c]([Zr+2]([C]3=CC=CC3)=[C]3C4CC5CC(C4)CC3C5)c1C2.[Cl-].[Cl-]. The monoisotopic (exact) mass is 748 g/mol. The second-order valence-electron chi connectivity index (χ2n) is 19.9. The zero-order chi connectivity index (χ0) is 32.4. The molecule has 0 amide bonds. The van der Waals surface area contributed by atoms with Crippen LogP contribution >= 0.6 is 0 Å². The van der Waals surface area contributed by atoms with Crippen LogP contribution in [0.3, 0.4) is 0 Å². The van der Waals surface area contributed by atoms with Crippen LogP contribution in [-0.2, 0) is 49.3 Å². The van der Waals surface area contributed by atoms with Gasteiger partial charge in [0.25, 0.3) is 0 Å². The summed E-state index contributed by atoms with van der Waals surface area (Å²) in [5.41, 5.74) is 13.4. The summed E-state index contributed by atoms with van der Waals surface area (Å²) in [4.78, 5) is 0. The molecule has 0 spiro atoms. The van der Waals surface area contributed by atoms with E-state index in [4.69, 9.17) is 0 Å². The first-order valence-corrected chi connectivity index (χ1v) is 22.0. The molecule has 0 atom stereocenters. The van der Waals surface area contributed by atoms with Gasteiger partial charge in [0.15, 0.2) is 0 Å². The molecule has 47 heavy (non-hydrogen) atoms. The first-order valence-electron chi connectivity index (χ1n) is 18.3. The van der Waals surface area contributed by atoms with E-state index in [1.807, 2.05) is 6.55 Å². The molecule has 3 heteroatoms. The van der Waals surface area contributed by atoms with Gasteiger partial charge in [0, 0.05) is 0 Å². The van der Waals surface area contributed by atoms with E-state index in [-0.39, 0.29) is 46.5 Å². The normalized spacial score (nSPS) is 24.3. The molecule has 0 aromatic heterocycles. The molecule has 254 valence electrons. The van der Waals surface area contributed by atoms with Crippen molar-refractivity contribution in [3.63, 3.8) is 0 Å². The van der Waals surface area contributed by atoms with Crippen LogP contribution in [0, 0.1) is 23.7 Å². The largest absolute Gasteiger partial charge is 1.00 e. The minimum atomic E-state index is -2.46. The topological polar surface area (TPSA) is 0 Å². The van der Waals surface area contributed by atoms with Crippen molar-refractivity contribution in [3.05, 3.63) is 73.1 Å². The summed E-state index contributed by atoms with van der Waals surface area (Å²) in [5.74, 6) is 3.84. The molecular formula is C44H60Cl2Zr. The van der Waals surface area contributed by atoms with Crippen molar-refractivity contribution in [2.45, 2.75) is 150 Å². The summed E-state index contributed by atoms with van der Waals surface area (Å²) in [7, 11) is 0. The average molecular weight is 751 g/mol. The molecule has 2 aromatic rings. The number of halogens is 2. The van der Waals surface area contributed by atoms with Crippen LogP contribution in [0.25, 0.3) is 11.1 Å². The summed E-state index contributed by atoms with van der Waals surface area (Å²) in [6.07, 6.45) is 17.4. The number of hydrogen-bond donors (Lipinski definition) is 0. The number of allylic oxidation sites excluding steroid dienone is 4. The summed E-state index contributed by atoms with van der Waals surface area (Å²) >= 11 is -2.46. The Morgan fingerprint density at radius 1 is 0.596 bits per heavy atom. The molecule has 0 unspecified atom stereocenters. The van der Waals surface area contributed by atoms with Gasteiger partial charge in [-0.25, -0.2) is 0 Å². The van der Waals surface area contributed by atoms with Crippen molar-refractivity contribution in [2.24, 2.45) is 23.7 Å². The van der Waals surface area contributed by atoms with Gasteiger partial charge in [-0.3, -0.25) is 0 Å². The minimum Gasteiger partial charge on any atom is -1.00 e. The Morgan fingerprint density at radius 3 is 1.57 bits per heavy atom. The molecule has 0 N–H and O–H groups in total. The Morgan fingerprint density at radius 2 is 1.11 bits per heavy atom. The maximum atomic E-state index is 2.71. The molecule has 4 fully saturated rings. The van der Waals surface area contributed by atoms with Gasteiger partial charge in [0.1, 0.15) is 0 Å². The molecule has 2 aromatic carbocycles. The van der Waals surface area contributed by atoms with Crippen molar-refractivity contribution >= 4 is 6.48 Å². The van der Waals surface area contributed by atoms with Gasteiger partial charge >= 0.3 is 285 Å². The summed E-state index contributed by atoms with van der Waals surface area (Å²) in [5, 5.41) is 0. The molecule has 0 radical (unpaired) electrons. The first kappa shape index (κ1) is 37.5. The predicted octanol–water partition coefficient (Wildman–Crippen LogP) is 5.17. The van der Waals surface area contributed by atoms with E-state index in [0.29, 0.717) is 0 Å². The van der Waals surface area contributed by atoms with Crippen LogP contribution in [0.15, 0.2) is 39.7 Å². The van der Waals surface area contributed by atoms with E-state index in [0.717, 1.165) is 30.1 Å². The third-order valence-corrected chi connectivity index (χ3v) is 20.7. The Balaban J connectivity index is 0.00000217. The first-order chi connectivity index (χ1) is 20.8. The summed E-state index contributed by atoms with van der Waals surface area (Å²) in [6, 6.07) is 8.02. The fourth-order valence-electron chi connectivity index (χ4n) is 10.5. The number of benzene rings is 2. The number of hydrogen-bond acceptors (Lipinski definition) is 0. The predicted molar refractivity (Wildman–Crippen MR) is 193 cm³/mol. The maximum Gasteiger partial charge on any atom is -1.00 e. The van der Waals surface area contributed by atoms with Gasteiger partial charge in [-0.2, -0.15) is 0 Å². The van der Waals surface area contributed by atoms with Crippen LogP contribution in [0.2, 0.25) is 0 Å². The van der Waals surface area contributed by atoms with Crippen molar-refractivity contribution in [2.75, 3.05) is 0 Å². The van der Waals surface area contributed by atoms with Crippen LogP contribution in [-0.4, -0.2) is 3.21 Å². The van der Waals surface area contributed by atoms with Crippen LogP contribution in [0.4, 0.5) is 0 Å². The van der Waals surface area contributed by atoms with E-state index in [1.165, 1.54) is 44.1 Å². The third-order valence-electron chi connectivity index (χ3n) is 12.2. The molecule has 4 saturated carbocycles. The van der Waals surface area contributed by atoms with Crippen molar-refractivity contribution in [1.29, 1.82) is 0 Å². The van der Waals surface area contributed by atoms with E-state index in [2.05, 4.69) is 123 Å². The number of fused-ring (bicyclic) bond motifs is 3. The second-order valence-corrected chi connectivity index (χ2v) is 26.0. The fraction of sp³-hybridized carbons (Fsp3) is 0.614.